The highest BCUT2D eigenvalue weighted by Gasteiger charge is 2.40. The maximum Gasteiger partial charge on any atom is 0.420 e. The molecule has 0 aliphatic rings. The number of alkyl halides is 3. The summed E-state index contributed by atoms with van der Waals surface area (Å²) in [7, 11) is 2.18. The average Bonchev–Trinajstić information content (AvgIpc) is 2.25. The minimum absolute atomic E-state index is 0.176. The van der Waals surface area contributed by atoms with Crippen molar-refractivity contribution in [2.24, 2.45) is 0 Å². The lowest BCUT2D eigenvalue weighted by molar-refractivity contribution is -0.139. The van der Waals surface area contributed by atoms with Gasteiger partial charge in [-0.1, -0.05) is 0 Å². The molecule has 0 aliphatic heterocycles. The lowest BCUT2D eigenvalue weighted by Gasteiger charge is -2.16. The highest BCUT2D eigenvalue weighted by Crippen LogP contribution is 2.43. The van der Waals surface area contributed by atoms with Gasteiger partial charge in [0.2, 0.25) is 0 Å². The number of hydrogen-bond donors (Lipinski definition) is 1. The normalized spacial score (nSPS) is 11.1. The van der Waals surface area contributed by atoms with Gasteiger partial charge in [-0.05, 0) is 12.1 Å². The number of halogens is 3. The molecule has 0 radical (unpaired) electrons. The molecule has 7 heteroatoms. The highest BCUT2D eigenvalue weighted by molar-refractivity contribution is 5.91. The summed E-state index contributed by atoms with van der Waals surface area (Å²) in [5.41, 5.74) is -2.23. The topological polar surface area (TPSA) is 55.8 Å². The zero-order chi connectivity index (χ0) is 13.2. The molecule has 1 rings (SSSR count). The number of rotatable bonds is 3. The molecule has 1 aromatic carbocycles. The zero-order valence-corrected chi connectivity index (χ0v) is 8.96. The smallest absolute Gasteiger partial charge is 0.420 e. The Kier molecular flexibility index (Phi) is 3.50. The number of carboxylic acid groups (broad SMARTS) is 1. The second-order valence-corrected chi connectivity index (χ2v) is 3.03. The second-order valence-electron chi connectivity index (χ2n) is 3.03. The molecule has 0 aromatic heterocycles. The van der Waals surface area contributed by atoms with E-state index < -0.39 is 29.0 Å². The molecule has 0 unspecified atom stereocenters. The predicted octanol–water partition coefficient (Wildman–Crippen LogP) is 2.42. The van der Waals surface area contributed by atoms with Gasteiger partial charge in [-0.15, -0.1) is 0 Å². The Balaban J connectivity index is 3.62. The van der Waals surface area contributed by atoms with Gasteiger partial charge in [-0.3, -0.25) is 0 Å². The third-order valence-corrected chi connectivity index (χ3v) is 2.06. The highest BCUT2D eigenvalue weighted by atomic mass is 19.4. The van der Waals surface area contributed by atoms with Crippen LogP contribution in [0.4, 0.5) is 13.2 Å². The van der Waals surface area contributed by atoms with Crippen molar-refractivity contribution in [3.63, 3.8) is 0 Å². The van der Waals surface area contributed by atoms with Crippen LogP contribution < -0.4 is 9.47 Å². The molecule has 0 saturated carbocycles. The molecule has 0 spiro atoms. The van der Waals surface area contributed by atoms with Crippen LogP contribution in [0.15, 0.2) is 12.1 Å². The summed E-state index contributed by atoms with van der Waals surface area (Å²) < 4.78 is 47.6. The van der Waals surface area contributed by atoms with Crippen LogP contribution in [0.25, 0.3) is 0 Å². The fourth-order valence-corrected chi connectivity index (χ4v) is 1.39. The number of methoxy groups -OCH3 is 2. The van der Waals surface area contributed by atoms with E-state index in [1.54, 1.807) is 0 Å². The summed E-state index contributed by atoms with van der Waals surface area (Å²) in [4.78, 5) is 10.7. The lowest BCUT2D eigenvalue weighted by atomic mass is 10.1. The van der Waals surface area contributed by atoms with Gasteiger partial charge in [0.1, 0.15) is 5.56 Å². The van der Waals surface area contributed by atoms with E-state index in [0.717, 1.165) is 19.2 Å². The minimum Gasteiger partial charge on any atom is -0.493 e. The fourth-order valence-electron chi connectivity index (χ4n) is 1.39. The zero-order valence-electron chi connectivity index (χ0n) is 8.96. The van der Waals surface area contributed by atoms with Crippen LogP contribution in [-0.4, -0.2) is 25.3 Å². The van der Waals surface area contributed by atoms with E-state index in [2.05, 4.69) is 9.47 Å². The van der Waals surface area contributed by atoms with Crippen molar-refractivity contribution in [2.75, 3.05) is 14.2 Å². The van der Waals surface area contributed by atoms with E-state index in [0.29, 0.717) is 0 Å². The first-order valence-electron chi connectivity index (χ1n) is 4.38. The van der Waals surface area contributed by atoms with Gasteiger partial charge in [0.15, 0.2) is 11.5 Å². The molecular weight excluding hydrogens is 241 g/mol. The van der Waals surface area contributed by atoms with E-state index in [1.165, 1.54) is 7.11 Å². The van der Waals surface area contributed by atoms with Crippen molar-refractivity contribution in [2.45, 2.75) is 6.18 Å². The van der Waals surface area contributed by atoms with Gasteiger partial charge >= 0.3 is 12.1 Å². The first-order chi connectivity index (χ1) is 7.82. The van der Waals surface area contributed by atoms with Crippen molar-refractivity contribution in [1.82, 2.24) is 0 Å². The van der Waals surface area contributed by atoms with Crippen molar-refractivity contribution < 1.29 is 32.5 Å². The molecule has 0 saturated heterocycles. The quantitative estimate of drug-likeness (QED) is 0.895. The molecule has 17 heavy (non-hydrogen) atoms. The first-order valence-corrected chi connectivity index (χ1v) is 4.38. The van der Waals surface area contributed by atoms with Gasteiger partial charge in [-0.25, -0.2) is 4.79 Å². The second kappa shape index (κ2) is 4.52. The van der Waals surface area contributed by atoms with Crippen LogP contribution in [0, 0.1) is 0 Å². The maximum absolute atomic E-state index is 12.8. The predicted molar refractivity (Wildman–Crippen MR) is 51.5 cm³/mol. The SMILES string of the molecule is COc1ccc(C(=O)O)c(C(F)(F)F)c1OC. The van der Waals surface area contributed by atoms with Crippen LogP contribution >= 0.6 is 0 Å². The summed E-state index contributed by atoms with van der Waals surface area (Å²) in [5.74, 6) is -2.50. The molecule has 0 aliphatic carbocycles. The molecule has 1 N–H and O–H groups in total. The Bertz CT molecular complexity index is 440. The average molecular weight is 250 g/mol. The van der Waals surface area contributed by atoms with Gasteiger partial charge < -0.3 is 14.6 Å². The Morgan fingerprint density at radius 1 is 1.24 bits per heavy atom. The maximum atomic E-state index is 12.8. The van der Waals surface area contributed by atoms with Crippen molar-refractivity contribution >= 4 is 5.97 Å². The van der Waals surface area contributed by atoms with E-state index in [9.17, 15) is 18.0 Å². The van der Waals surface area contributed by atoms with E-state index >= 15 is 0 Å². The monoisotopic (exact) mass is 250 g/mol. The number of ether oxygens (including phenoxy) is 2. The number of hydrogen-bond acceptors (Lipinski definition) is 3. The van der Waals surface area contributed by atoms with Crippen LogP contribution in [0.5, 0.6) is 11.5 Å². The Morgan fingerprint density at radius 3 is 2.18 bits per heavy atom. The van der Waals surface area contributed by atoms with Crippen molar-refractivity contribution in [1.29, 1.82) is 0 Å². The van der Waals surface area contributed by atoms with Crippen molar-refractivity contribution in [3.8, 4) is 11.5 Å². The summed E-state index contributed by atoms with van der Waals surface area (Å²) >= 11 is 0. The molecular formula is C10H9F3O4. The van der Waals surface area contributed by atoms with E-state index in [-0.39, 0.29) is 5.75 Å². The summed E-state index contributed by atoms with van der Waals surface area (Å²) in [5, 5.41) is 8.72. The third-order valence-electron chi connectivity index (χ3n) is 2.06. The molecule has 0 atom stereocenters. The standard InChI is InChI=1S/C10H9F3O4/c1-16-6-4-3-5(9(14)15)7(8(6)17-2)10(11,12)13/h3-4H,1-2H3,(H,14,15). The largest absolute Gasteiger partial charge is 0.493 e. The minimum atomic E-state index is -4.84. The molecule has 0 heterocycles. The Hall–Kier alpha value is -1.92. The fraction of sp³-hybridized carbons (Fsp3) is 0.300. The van der Waals surface area contributed by atoms with Gasteiger partial charge in [0, 0.05) is 0 Å². The lowest BCUT2D eigenvalue weighted by Crippen LogP contribution is -2.15. The molecule has 0 amide bonds. The number of carbonyl (C=O) groups is 1. The van der Waals surface area contributed by atoms with Crippen LogP contribution in [0.3, 0.4) is 0 Å². The molecule has 4 nitrogen and oxygen atoms in total. The van der Waals surface area contributed by atoms with Crippen molar-refractivity contribution in [3.05, 3.63) is 23.3 Å². The van der Waals surface area contributed by atoms with Crippen LogP contribution in [0.1, 0.15) is 15.9 Å². The third kappa shape index (κ3) is 2.43. The number of carboxylic acids is 1. The van der Waals surface area contributed by atoms with E-state index in [1.807, 2.05) is 0 Å². The van der Waals surface area contributed by atoms with Gasteiger partial charge in [0.25, 0.3) is 0 Å². The number of benzene rings is 1. The summed E-state index contributed by atoms with van der Waals surface area (Å²) in [6.45, 7) is 0. The number of aromatic carboxylic acids is 1. The molecule has 94 valence electrons. The molecule has 0 bridgehead atoms. The first kappa shape index (κ1) is 13.1. The molecule has 1 aromatic rings. The Morgan fingerprint density at radius 2 is 1.82 bits per heavy atom. The van der Waals surface area contributed by atoms with Gasteiger partial charge in [0.05, 0.1) is 19.8 Å². The van der Waals surface area contributed by atoms with Crippen LogP contribution in [0.2, 0.25) is 0 Å². The van der Waals surface area contributed by atoms with E-state index in [4.69, 9.17) is 5.11 Å². The Labute approximate surface area is 94.6 Å². The molecule has 0 fully saturated rings. The summed E-state index contributed by atoms with van der Waals surface area (Å²) in [6, 6.07) is 1.93. The van der Waals surface area contributed by atoms with Gasteiger partial charge in [-0.2, -0.15) is 13.2 Å². The van der Waals surface area contributed by atoms with Crippen LogP contribution in [-0.2, 0) is 6.18 Å². The summed E-state index contributed by atoms with van der Waals surface area (Å²) in [6.07, 6.45) is -4.84.